The minimum atomic E-state index is -1.12. The molecular weight excluding hydrogens is 426 g/mol. The van der Waals surface area contributed by atoms with Crippen LogP contribution < -0.4 is 10.6 Å². The van der Waals surface area contributed by atoms with Gasteiger partial charge >= 0.3 is 12.1 Å². The van der Waals surface area contributed by atoms with Crippen LogP contribution in [-0.4, -0.2) is 64.2 Å². The maximum atomic E-state index is 13.6. The topological polar surface area (TPSA) is 125 Å². The molecule has 0 aromatic carbocycles. The lowest BCUT2D eigenvalue weighted by Gasteiger charge is -2.35. The van der Waals surface area contributed by atoms with Crippen molar-refractivity contribution in [2.24, 2.45) is 5.92 Å². The molecule has 2 aliphatic rings. The van der Waals surface area contributed by atoms with E-state index in [9.17, 15) is 24.3 Å². The van der Waals surface area contributed by atoms with Crippen LogP contribution in [0.2, 0.25) is 0 Å². The predicted molar refractivity (Wildman–Crippen MR) is 123 cm³/mol. The number of carbonyl (C=O) groups is 4. The van der Waals surface area contributed by atoms with Crippen molar-refractivity contribution in [1.29, 1.82) is 0 Å². The second-order valence-corrected chi connectivity index (χ2v) is 9.98. The molecule has 3 unspecified atom stereocenters. The smallest absolute Gasteiger partial charge is 0.408 e. The molecule has 1 aliphatic heterocycles. The summed E-state index contributed by atoms with van der Waals surface area (Å²) in [6.45, 7) is 9.26. The van der Waals surface area contributed by atoms with Gasteiger partial charge in [0.2, 0.25) is 11.8 Å². The number of likely N-dealkylation sites (tertiary alicyclic amines) is 1. The van der Waals surface area contributed by atoms with Crippen molar-refractivity contribution in [2.45, 2.75) is 102 Å². The number of hydrogen-bond donors (Lipinski definition) is 3. The summed E-state index contributed by atoms with van der Waals surface area (Å²) in [5.74, 6) is -1.92. The zero-order valence-corrected chi connectivity index (χ0v) is 20.1. The molecule has 0 spiro atoms. The van der Waals surface area contributed by atoms with Gasteiger partial charge in [0, 0.05) is 6.54 Å². The number of carboxylic acids is 1. The van der Waals surface area contributed by atoms with Gasteiger partial charge in [0.05, 0.1) is 0 Å². The van der Waals surface area contributed by atoms with Crippen LogP contribution in [0, 0.1) is 5.92 Å². The molecule has 3 N–H and O–H groups in total. The zero-order chi connectivity index (χ0) is 24.6. The van der Waals surface area contributed by atoms with E-state index in [0.29, 0.717) is 25.8 Å². The molecule has 9 heteroatoms. The largest absolute Gasteiger partial charge is 0.480 e. The second kappa shape index (κ2) is 12.0. The highest BCUT2D eigenvalue weighted by Crippen LogP contribution is 2.29. The highest BCUT2D eigenvalue weighted by Gasteiger charge is 2.41. The van der Waals surface area contributed by atoms with Crippen LogP contribution >= 0.6 is 0 Å². The van der Waals surface area contributed by atoms with E-state index in [1.807, 2.05) is 0 Å². The van der Waals surface area contributed by atoms with E-state index >= 15 is 0 Å². The van der Waals surface area contributed by atoms with Gasteiger partial charge in [-0.2, -0.15) is 0 Å². The first-order chi connectivity index (χ1) is 15.5. The molecule has 1 heterocycles. The molecular formula is C24H39N3O6. The third kappa shape index (κ3) is 8.05. The number of amides is 3. The standard InChI is InChI=1S/C24H39N3O6/c1-5-6-13-17(22(30)31)25-20(28)18-14-10-15-27(18)21(29)19(16-11-8-7-9-12-16)26-23(32)33-24(2,3)4/h5,16-19H,1,6-15H2,2-4H3,(H,25,28)(H,26,32)(H,30,31). The second-order valence-electron chi connectivity index (χ2n) is 9.98. The minimum absolute atomic E-state index is 0.0255. The van der Waals surface area contributed by atoms with Crippen LogP contribution in [0.3, 0.4) is 0 Å². The summed E-state index contributed by atoms with van der Waals surface area (Å²) in [5, 5.41) is 14.8. The summed E-state index contributed by atoms with van der Waals surface area (Å²) in [4.78, 5) is 52.1. The highest BCUT2D eigenvalue weighted by atomic mass is 16.6. The third-order valence-electron chi connectivity index (χ3n) is 6.17. The van der Waals surface area contributed by atoms with Crippen molar-refractivity contribution in [3.05, 3.63) is 12.7 Å². The Hall–Kier alpha value is -2.58. The van der Waals surface area contributed by atoms with Crippen LogP contribution in [0.25, 0.3) is 0 Å². The Morgan fingerprint density at radius 1 is 1.09 bits per heavy atom. The lowest BCUT2D eigenvalue weighted by Crippen LogP contribution is -2.57. The van der Waals surface area contributed by atoms with Gasteiger partial charge in [-0.25, -0.2) is 9.59 Å². The molecule has 0 aromatic rings. The van der Waals surface area contributed by atoms with Crippen LogP contribution in [0.5, 0.6) is 0 Å². The van der Waals surface area contributed by atoms with Crippen LogP contribution in [0.4, 0.5) is 4.79 Å². The number of nitrogens with zero attached hydrogens (tertiary/aromatic N) is 1. The molecule has 186 valence electrons. The molecule has 0 aromatic heterocycles. The van der Waals surface area contributed by atoms with Crippen molar-refractivity contribution in [2.75, 3.05) is 6.54 Å². The molecule has 1 saturated carbocycles. The van der Waals surface area contributed by atoms with E-state index in [0.717, 1.165) is 32.1 Å². The van der Waals surface area contributed by atoms with E-state index in [-0.39, 0.29) is 18.2 Å². The number of allylic oxidation sites excluding steroid dienone is 1. The van der Waals surface area contributed by atoms with Gasteiger partial charge < -0.3 is 25.4 Å². The Bertz CT molecular complexity index is 726. The van der Waals surface area contributed by atoms with E-state index < -0.39 is 41.7 Å². The van der Waals surface area contributed by atoms with Crippen molar-refractivity contribution < 1.29 is 29.0 Å². The van der Waals surface area contributed by atoms with E-state index in [4.69, 9.17) is 4.74 Å². The number of rotatable bonds is 9. The van der Waals surface area contributed by atoms with Crippen molar-refractivity contribution >= 4 is 23.9 Å². The minimum Gasteiger partial charge on any atom is -0.480 e. The number of ether oxygens (including phenoxy) is 1. The summed E-state index contributed by atoms with van der Waals surface area (Å²) in [6.07, 6.45) is 7.43. The van der Waals surface area contributed by atoms with Crippen LogP contribution in [0.1, 0.15) is 78.6 Å². The number of hydrogen-bond acceptors (Lipinski definition) is 5. The molecule has 0 bridgehead atoms. The molecule has 1 saturated heterocycles. The Balaban J connectivity index is 2.15. The van der Waals surface area contributed by atoms with Gasteiger partial charge in [0.1, 0.15) is 23.7 Å². The fourth-order valence-electron chi connectivity index (χ4n) is 4.57. The number of carbonyl (C=O) groups excluding carboxylic acids is 3. The first kappa shape index (κ1) is 26.7. The Labute approximate surface area is 196 Å². The Kier molecular flexibility index (Phi) is 9.73. The SMILES string of the molecule is C=CCCC(NC(=O)C1CCCN1C(=O)C(NC(=O)OC(C)(C)C)C1CCCCC1)C(=O)O. The zero-order valence-electron chi connectivity index (χ0n) is 20.1. The third-order valence-corrected chi connectivity index (χ3v) is 6.17. The molecule has 9 nitrogen and oxygen atoms in total. The monoisotopic (exact) mass is 465 g/mol. The van der Waals surface area contributed by atoms with Crippen molar-refractivity contribution in [1.82, 2.24) is 15.5 Å². The van der Waals surface area contributed by atoms with Gasteiger partial charge in [-0.05, 0) is 65.2 Å². The summed E-state index contributed by atoms with van der Waals surface area (Å²) < 4.78 is 5.39. The molecule has 0 radical (unpaired) electrons. The van der Waals surface area contributed by atoms with Gasteiger partial charge in [0.25, 0.3) is 0 Å². The number of alkyl carbamates (subject to hydrolysis) is 1. The van der Waals surface area contributed by atoms with Gasteiger partial charge in [-0.15, -0.1) is 6.58 Å². The summed E-state index contributed by atoms with van der Waals surface area (Å²) in [5.41, 5.74) is -0.697. The Morgan fingerprint density at radius 3 is 2.33 bits per heavy atom. The van der Waals surface area contributed by atoms with Gasteiger partial charge in [-0.3, -0.25) is 9.59 Å². The number of aliphatic carboxylic acids is 1. The van der Waals surface area contributed by atoms with E-state index in [1.54, 1.807) is 26.8 Å². The summed E-state index contributed by atoms with van der Waals surface area (Å²) in [6, 6.07) is -2.57. The van der Waals surface area contributed by atoms with Crippen molar-refractivity contribution in [3.8, 4) is 0 Å². The molecule has 3 atom stereocenters. The predicted octanol–water partition coefficient (Wildman–Crippen LogP) is 2.99. The fourth-order valence-corrected chi connectivity index (χ4v) is 4.57. The summed E-state index contributed by atoms with van der Waals surface area (Å²) >= 11 is 0. The molecule has 3 amide bonds. The van der Waals surface area contributed by atoms with Crippen LogP contribution in [0.15, 0.2) is 12.7 Å². The molecule has 33 heavy (non-hydrogen) atoms. The fraction of sp³-hybridized carbons (Fsp3) is 0.750. The van der Waals surface area contributed by atoms with Crippen molar-refractivity contribution in [3.63, 3.8) is 0 Å². The molecule has 2 fully saturated rings. The van der Waals surface area contributed by atoms with Gasteiger partial charge in [-0.1, -0.05) is 25.3 Å². The molecule has 1 aliphatic carbocycles. The van der Waals surface area contributed by atoms with E-state index in [1.165, 1.54) is 4.90 Å². The van der Waals surface area contributed by atoms with Crippen LogP contribution in [-0.2, 0) is 19.1 Å². The molecule has 2 rings (SSSR count). The first-order valence-corrected chi connectivity index (χ1v) is 12.0. The normalized spacial score (nSPS) is 21.1. The number of nitrogens with one attached hydrogen (secondary N) is 2. The maximum Gasteiger partial charge on any atom is 0.408 e. The summed E-state index contributed by atoms with van der Waals surface area (Å²) in [7, 11) is 0. The Morgan fingerprint density at radius 2 is 1.76 bits per heavy atom. The average molecular weight is 466 g/mol. The lowest BCUT2D eigenvalue weighted by molar-refractivity contribution is -0.145. The lowest BCUT2D eigenvalue weighted by atomic mass is 9.83. The van der Waals surface area contributed by atoms with Gasteiger partial charge in [0.15, 0.2) is 0 Å². The average Bonchev–Trinajstić information content (AvgIpc) is 3.23. The van der Waals surface area contributed by atoms with E-state index in [2.05, 4.69) is 17.2 Å². The first-order valence-electron chi connectivity index (χ1n) is 12.0. The number of carboxylic acid groups (broad SMARTS) is 1. The quantitative estimate of drug-likeness (QED) is 0.450. The highest BCUT2D eigenvalue weighted by molar-refractivity contribution is 5.93. The maximum absolute atomic E-state index is 13.6.